The summed E-state index contributed by atoms with van der Waals surface area (Å²) in [6, 6.07) is -0.889. The highest BCUT2D eigenvalue weighted by Crippen LogP contribution is 2.34. The third-order valence-corrected chi connectivity index (χ3v) is 21.6. The summed E-state index contributed by atoms with van der Waals surface area (Å²) in [4.78, 5) is 13.5. The lowest BCUT2D eigenvalue weighted by atomic mass is 9.96. The number of aliphatic hydroxyl groups is 11. The first kappa shape index (κ1) is 97.7. The monoisotopic (exact) mass is 1510 g/mol. The molecule has 0 spiro atoms. The van der Waals surface area contributed by atoms with Crippen LogP contribution in [0.15, 0.2) is 60.8 Å². The van der Waals surface area contributed by atoms with Crippen molar-refractivity contribution < 1.29 is 89.4 Å². The van der Waals surface area contributed by atoms with Gasteiger partial charge in [-0.1, -0.05) is 351 Å². The second kappa shape index (κ2) is 67.0. The molecule has 106 heavy (non-hydrogen) atoms. The van der Waals surface area contributed by atoms with E-state index in [-0.39, 0.29) is 18.9 Å². The lowest BCUT2D eigenvalue weighted by Gasteiger charge is -2.48. The van der Waals surface area contributed by atoms with Gasteiger partial charge in [0, 0.05) is 6.42 Å². The number of unbranched alkanes of at least 4 members (excludes halogenated alkanes) is 44. The van der Waals surface area contributed by atoms with Gasteiger partial charge in [0.2, 0.25) is 5.91 Å². The molecule has 3 saturated heterocycles. The van der Waals surface area contributed by atoms with Crippen molar-refractivity contribution in [2.45, 2.75) is 458 Å². The number of hydrogen-bond donors (Lipinski definition) is 12. The number of allylic oxidation sites excluding steroid dienone is 10. The van der Waals surface area contributed by atoms with Crippen LogP contribution >= 0.6 is 0 Å². The highest BCUT2D eigenvalue weighted by molar-refractivity contribution is 5.76. The Kier molecular flexibility index (Phi) is 61.8. The standard InChI is InChI=1S/C87H159NO18/c1-3-5-7-9-11-13-15-17-19-21-23-25-27-29-30-31-32-33-34-35-36-37-38-39-40-41-43-45-47-49-51-53-55-57-59-61-63-65-75(93)88-70(71(92)64-62-60-58-56-54-52-50-48-46-44-42-28-26-24-22-20-18-16-14-12-10-8-6-4-2)69-101-85-81(99)78(96)83(73(67-90)103-85)106-87-82(100)79(97)84(74(68-91)104-87)105-86-80(98)77(95)76(94)72(66-89)102-86/h5,7,11,13,17,19,23,25,29-30,70-74,76-87,89-92,94-100H,3-4,6,8-10,12,14-16,18,20-22,24,26-28,31-69H2,1-2H3,(H,88,93)/b7-5-,13-11-,19-17-,25-23-,30-29-. The Hall–Kier alpha value is -2.51. The van der Waals surface area contributed by atoms with Crippen LogP contribution in [0.4, 0.5) is 0 Å². The molecule has 19 heteroatoms. The van der Waals surface area contributed by atoms with E-state index in [9.17, 15) is 61.0 Å². The van der Waals surface area contributed by atoms with Gasteiger partial charge >= 0.3 is 0 Å². The highest BCUT2D eigenvalue weighted by Gasteiger charge is 2.54. The molecule has 0 bridgehead atoms. The third kappa shape index (κ3) is 45.9. The molecule has 620 valence electrons. The first-order valence-electron chi connectivity index (χ1n) is 43.5. The topological polar surface area (TPSA) is 307 Å². The molecular weight excluding hydrogens is 1350 g/mol. The van der Waals surface area contributed by atoms with Gasteiger partial charge in [-0.25, -0.2) is 0 Å². The van der Waals surface area contributed by atoms with Gasteiger partial charge in [0.05, 0.1) is 38.6 Å². The van der Waals surface area contributed by atoms with Crippen LogP contribution < -0.4 is 5.32 Å². The molecule has 0 aromatic heterocycles. The van der Waals surface area contributed by atoms with Crippen LogP contribution in [-0.2, 0) is 33.2 Å². The summed E-state index contributed by atoms with van der Waals surface area (Å²) in [6.07, 6.45) is 60.3. The molecule has 0 aromatic carbocycles. The van der Waals surface area contributed by atoms with E-state index in [0.29, 0.717) is 12.8 Å². The minimum atomic E-state index is -1.97. The molecule has 3 heterocycles. The Morgan fingerprint density at radius 3 is 1.02 bits per heavy atom. The molecule has 3 fully saturated rings. The summed E-state index contributed by atoms with van der Waals surface area (Å²) < 4.78 is 34.6. The highest BCUT2D eigenvalue weighted by atomic mass is 16.8. The van der Waals surface area contributed by atoms with Gasteiger partial charge in [0.25, 0.3) is 0 Å². The first-order valence-corrected chi connectivity index (χ1v) is 43.5. The molecule has 3 aliphatic rings. The van der Waals surface area contributed by atoms with E-state index in [1.165, 1.54) is 244 Å². The Morgan fingerprint density at radius 1 is 0.349 bits per heavy atom. The number of amides is 1. The molecule has 0 aliphatic carbocycles. The zero-order valence-corrected chi connectivity index (χ0v) is 66.7. The first-order chi connectivity index (χ1) is 51.8. The number of nitrogens with one attached hydrogen (secondary N) is 1. The number of aliphatic hydroxyl groups excluding tert-OH is 11. The molecule has 12 N–H and O–H groups in total. The average molecular weight is 1510 g/mol. The molecule has 17 unspecified atom stereocenters. The predicted octanol–water partition coefficient (Wildman–Crippen LogP) is 15.8. The predicted molar refractivity (Wildman–Crippen MR) is 425 cm³/mol. The van der Waals surface area contributed by atoms with Gasteiger partial charge in [-0.05, 0) is 57.8 Å². The van der Waals surface area contributed by atoms with Crippen LogP contribution in [-0.4, -0.2) is 193 Å². The van der Waals surface area contributed by atoms with Gasteiger partial charge in [-0.15, -0.1) is 0 Å². The van der Waals surface area contributed by atoms with Crippen molar-refractivity contribution in [2.24, 2.45) is 0 Å². The fraction of sp³-hybridized carbons (Fsp3) is 0.874. The molecule has 3 aliphatic heterocycles. The summed E-state index contributed by atoms with van der Waals surface area (Å²) >= 11 is 0. The van der Waals surface area contributed by atoms with E-state index >= 15 is 0 Å². The Morgan fingerprint density at radius 2 is 0.651 bits per heavy atom. The van der Waals surface area contributed by atoms with E-state index < -0.39 is 124 Å². The maximum atomic E-state index is 13.5. The molecule has 0 aromatic rings. The molecule has 3 rings (SSSR count). The van der Waals surface area contributed by atoms with Crippen molar-refractivity contribution in [1.82, 2.24) is 5.32 Å². The average Bonchev–Trinajstić information content (AvgIpc) is 0.780. The summed E-state index contributed by atoms with van der Waals surface area (Å²) in [5.74, 6) is -0.236. The zero-order chi connectivity index (χ0) is 76.7. The largest absolute Gasteiger partial charge is 0.394 e. The smallest absolute Gasteiger partial charge is 0.220 e. The van der Waals surface area contributed by atoms with Crippen LogP contribution in [0.3, 0.4) is 0 Å². The van der Waals surface area contributed by atoms with Crippen molar-refractivity contribution in [3.63, 3.8) is 0 Å². The Bertz CT molecular complexity index is 2150. The van der Waals surface area contributed by atoms with Crippen LogP contribution in [0.25, 0.3) is 0 Å². The lowest BCUT2D eigenvalue weighted by molar-refractivity contribution is -0.379. The minimum Gasteiger partial charge on any atom is -0.394 e. The molecule has 0 saturated carbocycles. The van der Waals surface area contributed by atoms with Gasteiger partial charge in [-0.3, -0.25) is 4.79 Å². The maximum Gasteiger partial charge on any atom is 0.220 e. The number of carbonyl (C=O) groups excluding carboxylic acids is 1. The van der Waals surface area contributed by atoms with Gasteiger partial charge in [0.1, 0.15) is 73.2 Å². The third-order valence-electron chi connectivity index (χ3n) is 21.6. The fourth-order valence-corrected chi connectivity index (χ4v) is 14.7. The Labute approximate surface area is 643 Å². The summed E-state index contributed by atoms with van der Waals surface area (Å²) in [5, 5.41) is 121. The number of rotatable bonds is 70. The van der Waals surface area contributed by atoms with Crippen molar-refractivity contribution in [1.29, 1.82) is 0 Å². The van der Waals surface area contributed by atoms with Crippen molar-refractivity contribution >= 4 is 5.91 Å². The van der Waals surface area contributed by atoms with Crippen LogP contribution in [0.2, 0.25) is 0 Å². The normalized spacial score (nSPS) is 25.9. The molecule has 17 atom stereocenters. The quantitative estimate of drug-likeness (QED) is 0.0199. The maximum absolute atomic E-state index is 13.5. The van der Waals surface area contributed by atoms with E-state index in [0.717, 1.165) is 77.0 Å². The van der Waals surface area contributed by atoms with E-state index in [1.54, 1.807) is 0 Å². The van der Waals surface area contributed by atoms with Crippen LogP contribution in [0, 0.1) is 0 Å². The summed E-state index contributed by atoms with van der Waals surface area (Å²) in [6.45, 7) is 1.74. The number of carbonyl (C=O) groups is 1. The van der Waals surface area contributed by atoms with Crippen LogP contribution in [0.5, 0.6) is 0 Å². The molecule has 19 nitrogen and oxygen atoms in total. The molecular formula is C87H159NO18. The van der Waals surface area contributed by atoms with E-state index in [4.69, 9.17) is 28.4 Å². The van der Waals surface area contributed by atoms with Crippen molar-refractivity contribution in [3.8, 4) is 0 Å². The van der Waals surface area contributed by atoms with Crippen molar-refractivity contribution in [2.75, 3.05) is 26.4 Å². The second-order valence-corrected chi connectivity index (χ2v) is 31.0. The van der Waals surface area contributed by atoms with Crippen LogP contribution in [0.1, 0.15) is 354 Å². The number of hydrogen-bond acceptors (Lipinski definition) is 18. The molecule has 1 amide bonds. The number of ether oxygens (including phenoxy) is 6. The lowest BCUT2D eigenvalue weighted by Crippen LogP contribution is -2.66. The van der Waals surface area contributed by atoms with Gasteiger partial charge < -0.3 is 89.9 Å². The van der Waals surface area contributed by atoms with Gasteiger partial charge in [-0.2, -0.15) is 0 Å². The minimum absolute atomic E-state index is 0.236. The van der Waals surface area contributed by atoms with Gasteiger partial charge in [0.15, 0.2) is 18.9 Å². The summed E-state index contributed by atoms with van der Waals surface area (Å²) in [7, 11) is 0. The Balaban J connectivity index is 1.31. The molecule has 0 radical (unpaired) electrons. The van der Waals surface area contributed by atoms with E-state index in [1.807, 2.05) is 0 Å². The van der Waals surface area contributed by atoms with E-state index in [2.05, 4.69) is 79.9 Å². The zero-order valence-electron chi connectivity index (χ0n) is 66.7. The fourth-order valence-electron chi connectivity index (χ4n) is 14.7. The SMILES string of the molecule is CC/C=C\C/C=C\C/C=C\C/C=C\C/C=C\CCCCCCCCCCCCCCCCCCCCCCCC(=O)NC(COC1OC(CO)C(OC2OC(CO)C(OC3OC(CO)C(O)C(O)C3O)C(O)C2O)C(O)C1O)C(O)CCCCCCCCCCCCCCCCCCCCCCCCCC. The second-order valence-electron chi connectivity index (χ2n) is 31.0. The van der Waals surface area contributed by atoms with Crippen molar-refractivity contribution in [3.05, 3.63) is 60.8 Å². The summed E-state index contributed by atoms with van der Waals surface area (Å²) in [5.41, 5.74) is 0.